The lowest BCUT2D eigenvalue weighted by Gasteiger charge is -2.38. The fourth-order valence-electron chi connectivity index (χ4n) is 2.01. The molecule has 2 aromatic heterocycles. The van der Waals surface area contributed by atoms with Gasteiger partial charge in [-0.05, 0) is 12.8 Å². The van der Waals surface area contributed by atoms with E-state index in [2.05, 4.69) is 15.0 Å². The zero-order chi connectivity index (χ0) is 10.3. The van der Waals surface area contributed by atoms with Gasteiger partial charge in [0, 0.05) is 24.4 Å². The van der Waals surface area contributed by atoms with Crippen LogP contribution in [0.5, 0.6) is 0 Å². The van der Waals surface area contributed by atoms with Crippen LogP contribution in [-0.2, 0) is 5.41 Å². The van der Waals surface area contributed by atoms with Gasteiger partial charge in [0.25, 0.3) is 0 Å². The van der Waals surface area contributed by atoms with Crippen LogP contribution in [0.2, 0.25) is 0 Å². The third-order valence-corrected chi connectivity index (χ3v) is 4.40. The van der Waals surface area contributed by atoms with Crippen LogP contribution in [0.25, 0.3) is 10.5 Å². The summed E-state index contributed by atoms with van der Waals surface area (Å²) in [5.41, 5.74) is 6.74. The summed E-state index contributed by atoms with van der Waals surface area (Å²) in [4.78, 5) is 13.9. The monoisotopic (exact) mass is 220 g/mol. The van der Waals surface area contributed by atoms with Gasteiger partial charge in [0.2, 0.25) is 0 Å². The van der Waals surface area contributed by atoms with Crippen molar-refractivity contribution >= 4 is 21.8 Å². The molecule has 1 aliphatic rings. The predicted molar refractivity (Wildman–Crippen MR) is 59.8 cm³/mol. The molecule has 3 rings (SSSR count). The summed E-state index contributed by atoms with van der Waals surface area (Å²) in [7, 11) is 0. The Labute approximate surface area is 91.6 Å². The molecule has 0 unspecified atom stereocenters. The van der Waals surface area contributed by atoms with Crippen molar-refractivity contribution in [1.29, 1.82) is 0 Å². The van der Waals surface area contributed by atoms with Gasteiger partial charge in [0.15, 0.2) is 10.5 Å². The molecule has 0 aromatic carbocycles. The van der Waals surface area contributed by atoms with Gasteiger partial charge in [-0.3, -0.25) is 0 Å². The number of hydrogen-bond donors (Lipinski definition) is 1. The molecule has 0 amide bonds. The summed E-state index contributed by atoms with van der Waals surface area (Å²) >= 11 is 1.64. The maximum absolute atomic E-state index is 5.85. The second-order valence-corrected chi connectivity index (χ2v) is 5.02. The third-order valence-electron chi connectivity index (χ3n) is 3.20. The van der Waals surface area contributed by atoms with E-state index in [1.165, 1.54) is 6.42 Å². The lowest BCUT2D eigenvalue weighted by molar-refractivity contribution is 0.252. The zero-order valence-corrected chi connectivity index (χ0v) is 9.13. The Morgan fingerprint density at radius 2 is 2.13 bits per heavy atom. The van der Waals surface area contributed by atoms with E-state index in [1.807, 2.05) is 0 Å². The highest BCUT2D eigenvalue weighted by atomic mass is 32.1. The molecular weight excluding hydrogens is 208 g/mol. The van der Waals surface area contributed by atoms with Crippen molar-refractivity contribution in [3.8, 4) is 0 Å². The third kappa shape index (κ3) is 1.27. The first-order valence-corrected chi connectivity index (χ1v) is 5.94. The fraction of sp³-hybridized carbons (Fsp3) is 0.500. The van der Waals surface area contributed by atoms with Gasteiger partial charge in [0.1, 0.15) is 5.01 Å². The molecule has 0 saturated heterocycles. The molecule has 0 spiro atoms. The number of thiazole rings is 1. The van der Waals surface area contributed by atoms with Gasteiger partial charge in [0.05, 0.1) is 0 Å². The lowest BCUT2D eigenvalue weighted by Crippen LogP contribution is -2.41. The van der Waals surface area contributed by atoms with Crippen molar-refractivity contribution in [2.24, 2.45) is 5.73 Å². The Balaban J connectivity index is 2.11. The summed E-state index contributed by atoms with van der Waals surface area (Å²) in [6, 6.07) is 0. The highest BCUT2D eigenvalue weighted by molar-refractivity contribution is 7.18. The van der Waals surface area contributed by atoms with Crippen LogP contribution in [0, 0.1) is 0 Å². The van der Waals surface area contributed by atoms with E-state index in [9.17, 15) is 0 Å². The molecule has 0 aliphatic heterocycles. The maximum atomic E-state index is 5.85. The Hall–Kier alpha value is -1.07. The topological polar surface area (TPSA) is 64.7 Å². The second kappa shape index (κ2) is 3.21. The molecule has 0 atom stereocenters. The molecule has 0 radical (unpaired) electrons. The van der Waals surface area contributed by atoms with Crippen LogP contribution in [0.3, 0.4) is 0 Å². The molecule has 0 bridgehead atoms. The SMILES string of the molecule is NCC1(c2nc3nccnc3s2)CCC1. The zero-order valence-electron chi connectivity index (χ0n) is 8.31. The largest absolute Gasteiger partial charge is 0.329 e. The highest BCUT2D eigenvalue weighted by Gasteiger charge is 2.40. The standard InChI is InChI=1S/C10H12N4S/c11-6-10(2-1-3-10)9-14-7-8(15-9)13-5-4-12-7/h4-5H,1-3,6,11H2. The molecule has 5 heteroatoms. The van der Waals surface area contributed by atoms with Crippen LogP contribution in [0.4, 0.5) is 0 Å². The Kier molecular flexibility index (Phi) is 1.97. The Morgan fingerprint density at radius 3 is 2.73 bits per heavy atom. The maximum Gasteiger partial charge on any atom is 0.189 e. The fourth-order valence-corrected chi connectivity index (χ4v) is 3.14. The summed E-state index contributed by atoms with van der Waals surface area (Å²) < 4.78 is 0. The summed E-state index contributed by atoms with van der Waals surface area (Å²) in [5.74, 6) is 0. The van der Waals surface area contributed by atoms with Crippen molar-refractivity contribution in [2.75, 3.05) is 6.54 Å². The van der Waals surface area contributed by atoms with E-state index < -0.39 is 0 Å². The summed E-state index contributed by atoms with van der Waals surface area (Å²) in [6.45, 7) is 0.687. The van der Waals surface area contributed by atoms with E-state index in [0.29, 0.717) is 6.54 Å². The van der Waals surface area contributed by atoms with Gasteiger partial charge < -0.3 is 5.73 Å². The molecule has 1 saturated carbocycles. The van der Waals surface area contributed by atoms with Crippen LogP contribution in [0.15, 0.2) is 12.4 Å². The minimum absolute atomic E-state index is 0.132. The van der Waals surface area contributed by atoms with Crippen LogP contribution in [-0.4, -0.2) is 21.5 Å². The van der Waals surface area contributed by atoms with E-state index in [4.69, 9.17) is 5.73 Å². The molecule has 2 heterocycles. The van der Waals surface area contributed by atoms with Crippen molar-refractivity contribution < 1.29 is 0 Å². The number of nitrogens with two attached hydrogens (primary N) is 1. The number of hydrogen-bond acceptors (Lipinski definition) is 5. The van der Waals surface area contributed by atoms with Crippen LogP contribution >= 0.6 is 11.3 Å². The minimum atomic E-state index is 0.132. The number of aromatic nitrogens is 3. The predicted octanol–water partition coefficient (Wildman–Crippen LogP) is 1.47. The highest BCUT2D eigenvalue weighted by Crippen LogP contribution is 2.44. The Morgan fingerprint density at radius 1 is 1.33 bits per heavy atom. The summed E-state index contributed by atoms with van der Waals surface area (Å²) in [6.07, 6.45) is 6.96. The number of fused-ring (bicyclic) bond motifs is 1. The molecule has 78 valence electrons. The Bertz CT molecular complexity index is 450. The smallest absolute Gasteiger partial charge is 0.189 e. The number of nitrogens with zero attached hydrogens (tertiary/aromatic N) is 3. The van der Waals surface area contributed by atoms with Crippen molar-refractivity contribution in [2.45, 2.75) is 24.7 Å². The van der Waals surface area contributed by atoms with Gasteiger partial charge >= 0.3 is 0 Å². The average molecular weight is 220 g/mol. The molecule has 1 aliphatic carbocycles. The van der Waals surface area contributed by atoms with Crippen molar-refractivity contribution in [3.05, 3.63) is 17.4 Å². The van der Waals surface area contributed by atoms with Gasteiger partial charge in [-0.15, -0.1) is 0 Å². The molecule has 1 fully saturated rings. The first kappa shape index (κ1) is 9.18. The minimum Gasteiger partial charge on any atom is -0.329 e. The first-order chi connectivity index (χ1) is 7.34. The van der Waals surface area contributed by atoms with E-state index >= 15 is 0 Å². The molecule has 4 nitrogen and oxygen atoms in total. The quantitative estimate of drug-likeness (QED) is 0.832. The first-order valence-electron chi connectivity index (χ1n) is 5.12. The van der Waals surface area contributed by atoms with E-state index in [-0.39, 0.29) is 5.41 Å². The van der Waals surface area contributed by atoms with E-state index in [1.54, 1.807) is 23.7 Å². The van der Waals surface area contributed by atoms with Gasteiger partial charge in [-0.1, -0.05) is 17.8 Å². The molecular formula is C10H12N4S. The van der Waals surface area contributed by atoms with E-state index in [0.717, 1.165) is 28.3 Å². The van der Waals surface area contributed by atoms with Crippen molar-refractivity contribution in [1.82, 2.24) is 15.0 Å². The second-order valence-electron chi connectivity index (χ2n) is 4.04. The van der Waals surface area contributed by atoms with Crippen LogP contribution in [0.1, 0.15) is 24.3 Å². The summed E-state index contributed by atoms with van der Waals surface area (Å²) in [5, 5.41) is 1.12. The molecule has 15 heavy (non-hydrogen) atoms. The molecule has 2 N–H and O–H groups in total. The number of rotatable bonds is 2. The lowest BCUT2D eigenvalue weighted by atomic mass is 9.69. The van der Waals surface area contributed by atoms with Gasteiger partial charge in [-0.25, -0.2) is 15.0 Å². The van der Waals surface area contributed by atoms with Crippen LogP contribution < -0.4 is 5.73 Å². The molecule has 2 aromatic rings. The average Bonchev–Trinajstić information content (AvgIpc) is 2.60. The van der Waals surface area contributed by atoms with Crippen molar-refractivity contribution in [3.63, 3.8) is 0 Å². The van der Waals surface area contributed by atoms with Gasteiger partial charge in [-0.2, -0.15) is 0 Å². The normalized spacial score (nSPS) is 19.0.